The van der Waals surface area contributed by atoms with Gasteiger partial charge in [0.1, 0.15) is 0 Å². The summed E-state index contributed by atoms with van der Waals surface area (Å²) >= 11 is 1.12. The average molecular weight is 315 g/mol. The zero-order valence-corrected chi connectivity index (χ0v) is 12.6. The highest BCUT2D eigenvalue weighted by molar-refractivity contribution is 7.99. The van der Waals surface area contributed by atoms with Gasteiger partial charge in [-0.1, -0.05) is 29.5 Å². The fraction of sp³-hybridized carbons (Fsp3) is 0.133. The van der Waals surface area contributed by atoms with Crippen LogP contribution < -0.4 is 0 Å². The first-order valence-electron chi connectivity index (χ1n) is 6.56. The Bertz CT molecular complexity index is 779. The topological polar surface area (TPSA) is 81.2 Å². The van der Waals surface area contributed by atoms with E-state index in [1.807, 2.05) is 31.2 Å². The summed E-state index contributed by atoms with van der Waals surface area (Å²) in [5.41, 5.74) is 1.99. The van der Waals surface area contributed by atoms with E-state index in [-0.39, 0.29) is 5.75 Å². The number of aromatic nitrogens is 3. The molecule has 2 heterocycles. The summed E-state index contributed by atoms with van der Waals surface area (Å²) in [6.45, 7) is 2.00. The third-order valence-electron chi connectivity index (χ3n) is 2.99. The third kappa shape index (κ3) is 2.89. The lowest BCUT2D eigenvalue weighted by atomic mass is 10.2. The van der Waals surface area contributed by atoms with Crippen LogP contribution in [0.3, 0.4) is 0 Å². The number of rotatable bonds is 5. The van der Waals surface area contributed by atoms with Gasteiger partial charge in [0, 0.05) is 5.69 Å². The molecule has 1 N–H and O–H groups in total. The molecular weight excluding hydrogens is 302 g/mol. The van der Waals surface area contributed by atoms with E-state index in [1.54, 1.807) is 23.0 Å². The van der Waals surface area contributed by atoms with Crippen LogP contribution >= 0.6 is 11.8 Å². The number of carboxylic acid groups (broad SMARTS) is 1. The molecule has 0 saturated carbocycles. The van der Waals surface area contributed by atoms with Gasteiger partial charge < -0.3 is 9.52 Å². The van der Waals surface area contributed by atoms with Crippen molar-refractivity contribution in [2.24, 2.45) is 0 Å². The molecule has 0 radical (unpaired) electrons. The summed E-state index contributed by atoms with van der Waals surface area (Å²) in [7, 11) is 0. The predicted molar refractivity (Wildman–Crippen MR) is 82.2 cm³/mol. The maximum absolute atomic E-state index is 10.8. The molecule has 3 rings (SSSR count). The minimum atomic E-state index is -0.900. The monoisotopic (exact) mass is 315 g/mol. The second-order valence-electron chi connectivity index (χ2n) is 4.64. The summed E-state index contributed by atoms with van der Waals surface area (Å²) in [4.78, 5) is 10.8. The van der Waals surface area contributed by atoms with Crippen LogP contribution in [0, 0.1) is 6.92 Å². The maximum atomic E-state index is 10.8. The first-order valence-corrected chi connectivity index (χ1v) is 7.54. The number of hydrogen-bond acceptors (Lipinski definition) is 5. The fourth-order valence-electron chi connectivity index (χ4n) is 1.98. The second kappa shape index (κ2) is 6.07. The molecule has 0 fully saturated rings. The van der Waals surface area contributed by atoms with E-state index in [1.165, 1.54) is 0 Å². The van der Waals surface area contributed by atoms with Crippen molar-refractivity contribution in [1.29, 1.82) is 0 Å². The zero-order chi connectivity index (χ0) is 15.5. The minimum absolute atomic E-state index is 0.0812. The lowest BCUT2D eigenvalue weighted by Crippen LogP contribution is -2.03. The molecule has 0 spiro atoms. The van der Waals surface area contributed by atoms with Crippen molar-refractivity contribution < 1.29 is 14.3 Å². The van der Waals surface area contributed by atoms with Crippen molar-refractivity contribution in [1.82, 2.24) is 14.8 Å². The second-order valence-corrected chi connectivity index (χ2v) is 5.58. The van der Waals surface area contributed by atoms with E-state index in [9.17, 15) is 4.79 Å². The summed E-state index contributed by atoms with van der Waals surface area (Å²) in [6.07, 6.45) is 1.56. The lowest BCUT2D eigenvalue weighted by molar-refractivity contribution is -0.133. The van der Waals surface area contributed by atoms with Gasteiger partial charge in [0.05, 0.1) is 12.0 Å². The first-order chi connectivity index (χ1) is 10.6. The Hall–Kier alpha value is -2.54. The number of furan rings is 1. The standard InChI is InChI=1S/C15H13N3O3S/c1-10-4-6-11(7-5-10)18-14(12-3-2-8-21-12)16-17-15(18)22-9-13(19)20/h2-8H,9H2,1H3,(H,19,20). The van der Waals surface area contributed by atoms with Gasteiger partial charge in [-0.25, -0.2) is 0 Å². The van der Waals surface area contributed by atoms with Crippen molar-refractivity contribution in [3.63, 3.8) is 0 Å². The fourth-order valence-corrected chi connectivity index (χ4v) is 2.65. The van der Waals surface area contributed by atoms with Crippen LogP contribution in [0.25, 0.3) is 17.3 Å². The quantitative estimate of drug-likeness (QED) is 0.729. The molecule has 1 aromatic carbocycles. The van der Waals surface area contributed by atoms with E-state index in [0.717, 1.165) is 23.0 Å². The number of thioether (sulfide) groups is 1. The first kappa shape index (κ1) is 14.4. The van der Waals surface area contributed by atoms with Gasteiger partial charge in [-0.3, -0.25) is 9.36 Å². The van der Waals surface area contributed by atoms with Crippen LogP contribution in [0.1, 0.15) is 5.56 Å². The number of carbonyl (C=O) groups is 1. The van der Waals surface area contributed by atoms with E-state index in [0.29, 0.717) is 16.7 Å². The molecule has 0 aliphatic rings. The van der Waals surface area contributed by atoms with E-state index < -0.39 is 5.97 Å². The van der Waals surface area contributed by atoms with Crippen LogP contribution in [0.4, 0.5) is 0 Å². The molecule has 112 valence electrons. The largest absolute Gasteiger partial charge is 0.481 e. The van der Waals surface area contributed by atoms with Crippen LogP contribution in [-0.4, -0.2) is 31.6 Å². The van der Waals surface area contributed by atoms with Gasteiger partial charge in [0.25, 0.3) is 0 Å². The highest BCUT2D eigenvalue weighted by Gasteiger charge is 2.18. The minimum Gasteiger partial charge on any atom is -0.481 e. The number of carboxylic acids is 1. The predicted octanol–water partition coefficient (Wildman–Crippen LogP) is 3.01. The molecule has 0 aliphatic carbocycles. The summed E-state index contributed by atoms with van der Waals surface area (Å²) in [5, 5.41) is 17.6. The molecule has 3 aromatic rings. The molecule has 0 bridgehead atoms. The average Bonchev–Trinajstić information content (AvgIpc) is 3.15. The Morgan fingerprint density at radius 3 is 2.68 bits per heavy atom. The third-order valence-corrected chi connectivity index (χ3v) is 3.91. The van der Waals surface area contributed by atoms with Gasteiger partial charge in [0.2, 0.25) is 5.82 Å². The number of hydrogen-bond donors (Lipinski definition) is 1. The van der Waals surface area contributed by atoms with Crippen LogP contribution in [0.5, 0.6) is 0 Å². The van der Waals surface area contributed by atoms with Crippen LogP contribution in [0.15, 0.2) is 52.2 Å². The Morgan fingerprint density at radius 2 is 2.05 bits per heavy atom. The zero-order valence-electron chi connectivity index (χ0n) is 11.8. The van der Waals surface area contributed by atoms with Gasteiger partial charge in [-0.05, 0) is 31.2 Å². The highest BCUT2D eigenvalue weighted by Crippen LogP contribution is 2.28. The summed E-state index contributed by atoms with van der Waals surface area (Å²) in [6, 6.07) is 11.4. The smallest absolute Gasteiger partial charge is 0.313 e. The van der Waals surface area contributed by atoms with Crippen molar-refractivity contribution in [3.8, 4) is 17.3 Å². The number of benzene rings is 1. The molecule has 2 aromatic heterocycles. The Balaban J connectivity index is 2.08. The molecule has 22 heavy (non-hydrogen) atoms. The number of aryl methyl sites for hydroxylation is 1. The van der Waals surface area contributed by atoms with E-state index >= 15 is 0 Å². The van der Waals surface area contributed by atoms with E-state index in [4.69, 9.17) is 9.52 Å². The maximum Gasteiger partial charge on any atom is 0.313 e. The molecule has 0 atom stereocenters. The van der Waals surface area contributed by atoms with Gasteiger partial charge in [-0.15, -0.1) is 10.2 Å². The highest BCUT2D eigenvalue weighted by atomic mass is 32.2. The van der Waals surface area contributed by atoms with Gasteiger partial charge in [-0.2, -0.15) is 0 Å². The molecular formula is C15H13N3O3S. The summed E-state index contributed by atoms with van der Waals surface area (Å²) < 4.78 is 7.19. The van der Waals surface area contributed by atoms with Crippen molar-refractivity contribution in [2.45, 2.75) is 12.1 Å². The molecule has 7 heteroatoms. The Labute approximate surface area is 130 Å². The normalized spacial score (nSPS) is 10.8. The molecule has 6 nitrogen and oxygen atoms in total. The van der Waals surface area contributed by atoms with Crippen molar-refractivity contribution in [3.05, 3.63) is 48.2 Å². The molecule has 0 amide bonds. The Kier molecular flexibility index (Phi) is 3.97. The molecule has 0 saturated heterocycles. The Morgan fingerprint density at radius 1 is 1.27 bits per heavy atom. The molecule has 0 aliphatic heterocycles. The van der Waals surface area contributed by atoms with Crippen molar-refractivity contribution >= 4 is 17.7 Å². The molecule has 0 unspecified atom stereocenters. The number of nitrogens with zero attached hydrogens (tertiary/aromatic N) is 3. The van der Waals surface area contributed by atoms with Gasteiger partial charge >= 0.3 is 5.97 Å². The SMILES string of the molecule is Cc1ccc(-n2c(SCC(=O)O)nnc2-c2ccco2)cc1. The summed E-state index contributed by atoms with van der Waals surface area (Å²) in [5.74, 6) is 0.141. The van der Waals surface area contributed by atoms with Gasteiger partial charge in [0.15, 0.2) is 10.9 Å². The van der Waals surface area contributed by atoms with Crippen molar-refractivity contribution in [2.75, 3.05) is 5.75 Å². The van der Waals surface area contributed by atoms with Crippen LogP contribution in [-0.2, 0) is 4.79 Å². The van der Waals surface area contributed by atoms with Crippen LogP contribution in [0.2, 0.25) is 0 Å². The van der Waals surface area contributed by atoms with E-state index in [2.05, 4.69) is 10.2 Å². The lowest BCUT2D eigenvalue weighted by Gasteiger charge is -2.08. The number of aliphatic carboxylic acids is 1.